The number of aromatic nitrogens is 1. The minimum Gasteiger partial charge on any atom is -0.451 e. The smallest absolute Gasteiger partial charge is 0.416 e. The monoisotopic (exact) mass is 473 g/mol. The Morgan fingerprint density at radius 2 is 1.76 bits per heavy atom. The average molecular weight is 473 g/mol. The van der Waals surface area contributed by atoms with E-state index in [0.29, 0.717) is 28.4 Å². The summed E-state index contributed by atoms with van der Waals surface area (Å²) in [6.07, 6.45) is -2.47. The van der Waals surface area contributed by atoms with Crippen LogP contribution in [0.15, 0.2) is 71.3 Å². The molecule has 0 bridgehead atoms. The maximum Gasteiger partial charge on any atom is 0.416 e. The molecule has 4 rings (SSSR count). The highest BCUT2D eigenvalue weighted by Crippen LogP contribution is 2.30. The number of thiazole rings is 1. The molecule has 0 fully saturated rings. The third kappa shape index (κ3) is 5.26. The van der Waals surface area contributed by atoms with Crippen LogP contribution >= 0.6 is 11.3 Å². The van der Waals surface area contributed by atoms with Crippen molar-refractivity contribution in [2.45, 2.75) is 12.6 Å². The first kappa shape index (κ1) is 22.2. The van der Waals surface area contributed by atoms with Crippen LogP contribution in [0.3, 0.4) is 0 Å². The van der Waals surface area contributed by atoms with Crippen molar-refractivity contribution in [2.75, 3.05) is 5.32 Å². The first-order chi connectivity index (χ1) is 15.7. The molecule has 1 N–H and O–H groups in total. The number of anilines is 1. The number of furan rings is 1. The second kappa shape index (κ2) is 8.87. The lowest BCUT2D eigenvalue weighted by molar-refractivity contribution is -0.384. The molecule has 33 heavy (non-hydrogen) atoms. The molecule has 0 aliphatic rings. The summed E-state index contributed by atoms with van der Waals surface area (Å²) in [5.74, 6) is -0.126. The largest absolute Gasteiger partial charge is 0.451 e. The molecule has 0 saturated carbocycles. The van der Waals surface area contributed by atoms with E-state index in [-0.39, 0.29) is 11.4 Å². The predicted molar refractivity (Wildman–Crippen MR) is 115 cm³/mol. The number of non-ortho nitro benzene ring substituents is 1. The highest BCUT2D eigenvalue weighted by molar-refractivity contribution is 7.15. The van der Waals surface area contributed by atoms with Crippen molar-refractivity contribution in [1.29, 1.82) is 0 Å². The van der Waals surface area contributed by atoms with Crippen molar-refractivity contribution in [3.8, 4) is 11.3 Å². The Kier molecular flexibility index (Phi) is 5.97. The number of nitro benzene ring substituents is 1. The molecule has 0 spiro atoms. The van der Waals surface area contributed by atoms with Gasteiger partial charge in [-0.05, 0) is 42.0 Å². The van der Waals surface area contributed by atoms with Gasteiger partial charge < -0.3 is 4.42 Å². The maximum absolute atomic E-state index is 12.7. The fraction of sp³-hybridized carbons (Fsp3) is 0.0909. The van der Waals surface area contributed by atoms with E-state index in [2.05, 4.69) is 10.3 Å². The minimum atomic E-state index is -4.38. The van der Waals surface area contributed by atoms with E-state index in [9.17, 15) is 28.1 Å². The molecule has 1 amide bonds. The number of alkyl halides is 3. The highest BCUT2D eigenvalue weighted by Gasteiger charge is 2.29. The summed E-state index contributed by atoms with van der Waals surface area (Å²) in [5, 5.41) is 13.7. The summed E-state index contributed by atoms with van der Waals surface area (Å²) >= 11 is 1.20. The van der Waals surface area contributed by atoms with Gasteiger partial charge in [0.2, 0.25) is 0 Å². The summed E-state index contributed by atoms with van der Waals surface area (Å²) in [6.45, 7) is 0. The third-order valence-corrected chi connectivity index (χ3v) is 5.54. The standard InChI is InChI=1S/C22H14F3N3O4S/c23-22(24,25)15-5-1-13(2-6-15)11-17-12-26-21(33-17)27-20(29)19-10-9-18(32-19)14-3-7-16(8-4-14)28(30)31/h1-10,12H,11H2,(H,26,27,29). The van der Waals surface area contributed by atoms with Gasteiger partial charge in [-0.2, -0.15) is 13.2 Å². The van der Waals surface area contributed by atoms with Crippen LogP contribution in [0.1, 0.15) is 26.6 Å². The van der Waals surface area contributed by atoms with E-state index in [4.69, 9.17) is 4.42 Å². The number of amides is 1. The number of nitrogens with one attached hydrogen (secondary N) is 1. The number of hydrogen-bond donors (Lipinski definition) is 1. The molecule has 4 aromatic rings. The molecule has 0 aliphatic carbocycles. The van der Waals surface area contributed by atoms with E-state index in [1.807, 2.05) is 0 Å². The van der Waals surface area contributed by atoms with Crippen LogP contribution in [0.5, 0.6) is 0 Å². The third-order valence-electron chi connectivity index (χ3n) is 4.63. The lowest BCUT2D eigenvalue weighted by Gasteiger charge is -2.06. The predicted octanol–water partition coefficient (Wildman–Crippen LogP) is 6.17. The van der Waals surface area contributed by atoms with Gasteiger partial charge in [0.25, 0.3) is 11.6 Å². The molecule has 0 aliphatic heterocycles. The topological polar surface area (TPSA) is 98.3 Å². The zero-order valence-electron chi connectivity index (χ0n) is 16.6. The zero-order chi connectivity index (χ0) is 23.6. The number of nitrogens with zero attached hydrogens (tertiary/aromatic N) is 2. The summed E-state index contributed by atoms with van der Waals surface area (Å²) < 4.78 is 43.6. The van der Waals surface area contributed by atoms with Crippen LogP contribution in [0.4, 0.5) is 24.0 Å². The molecule has 2 heterocycles. The molecule has 2 aromatic carbocycles. The Hall–Kier alpha value is -3.99. The van der Waals surface area contributed by atoms with Crippen molar-refractivity contribution >= 4 is 28.1 Å². The molecule has 7 nitrogen and oxygen atoms in total. The van der Waals surface area contributed by atoms with Gasteiger partial charge in [-0.25, -0.2) is 4.98 Å². The Balaban J connectivity index is 1.39. The van der Waals surface area contributed by atoms with Crippen LogP contribution in [0.25, 0.3) is 11.3 Å². The van der Waals surface area contributed by atoms with Crippen molar-refractivity contribution in [3.63, 3.8) is 0 Å². The summed E-state index contributed by atoms with van der Waals surface area (Å²) in [6, 6.07) is 13.6. The van der Waals surface area contributed by atoms with Crippen LogP contribution < -0.4 is 5.32 Å². The number of rotatable bonds is 6. The number of halogens is 3. The lowest BCUT2D eigenvalue weighted by Crippen LogP contribution is -2.10. The Morgan fingerprint density at radius 1 is 1.06 bits per heavy atom. The molecule has 0 saturated heterocycles. The van der Waals surface area contributed by atoms with Crippen molar-refractivity contribution in [2.24, 2.45) is 0 Å². The number of benzene rings is 2. The molecule has 0 unspecified atom stereocenters. The van der Waals surface area contributed by atoms with E-state index in [1.165, 1.54) is 53.8 Å². The lowest BCUT2D eigenvalue weighted by atomic mass is 10.1. The SMILES string of the molecule is O=C(Nc1ncc(Cc2ccc(C(F)(F)F)cc2)s1)c1ccc(-c2ccc([N+](=O)[O-])cc2)o1. The quantitative estimate of drug-likeness (QED) is 0.267. The fourth-order valence-corrected chi connectivity index (χ4v) is 3.82. The first-order valence-corrected chi connectivity index (χ1v) is 10.3. The summed E-state index contributed by atoms with van der Waals surface area (Å²) in [5.41, 5.74) is 0.491. The second-order valence-electron chi connectivity index (χ2n) is 6.93. The Morgan fingerprint density at radius 3 is 2.39 bits per heavy atom. The molecule has 168 valence electrons. The molecule has 0 atom stereocenters. The second-order valence-corrected chi connectivity index (χ2v) is 8.04. The van der Waals surface area contributed by atoms with Crippen LogP contribution in [0, 0.1) is 10.1 Å². The van der Waals surface area contributed by atoms with E-state index in [1.54, 1.807) is 12.3 Å². The molecule has 2 aromatic heterocycles. The highest BCUT2D eigenvalue weighted by atomic mass is 32.1. The van der Waals surface area contributed by atoms with E-state index in [0.717, 1.165) is 17.0 Å². The molecule has 11 heteroatoms. The van der Waals surface area contributed by atoms with Crippen LogP contribution in [0.2, 0.25) is 0 Å². The number of carbonyl (C=O) groups is 1. The van der Waals surface area contributed by atoms with E-state index < -0.39 is 22.6 Å². The van der Waals surface area contributed by atoms with Gasteiger partial charge in [0.05, 0.1) is 10.5 Å². The number of nitro groups is 1. The van der Waals surface area contributed by atoms with E-state index >= 15 is 0 Å². The van der Waals surface area contributed by atoms with Gasteiger partial charge in [0.1, 0.15) is 5.76 Å². The number of carbonyl (C=O) groups excluding carboxylic acids is 1. The number of hydrogen-bond acceptors (Lipinski definition) is 6. The van der Waals surface area contributed by atoms with Gasteiger partial charge in [0.15, 0.2) is 10.9 Å². The van der Waals surface area contributed by atoms with Gasteiger partial charge in [-0.3, -0.25) is 20.2 Å². The Labute approximate surface area is 188 Å². The zero-order valence-corrected chi connectivity index (χ0v) is 17.4. The fourth-order valence-electron chi connectivity index (χ4n) is 2.98. The van der Waals surface area contributed by atoms with Crippen molar-refractivity contribution in [1.82, 2.24) is 4.98 Å². The Bertz CT molecular complexity index is 1300. The molecule has 0 radical (unpaired) electrons. The minimum absolute atomic E-state index is 0.0304. The summed E-state index contributed by atoms with van der Waals surface area (Å²) in [4.78, 5) is 27.6. The average Bonchev–Trinajstić information content (AvgIpc) is 3.43. The molecular formula is C22H14F3N3O4S. The maximum atomic E-state index is 12.7. The van der Waals surface area contributed by atoms with Gasteiger partial charge in [-0.1, -0.05) is 12.1 Å². The summed E-state index contributed by atoms with van der Waals surface area (Å²) in [7, 11) is 0. The molecular weight excluding hydrogens is 459 g/mol. The van der Waals surface area contributed by atoms with Gasteiger partial charge >= 0.3 is 6.18 Å². The normalized spacial score (nSPS) is 11.4. The van der Waals surface area contributed by atoms with Crippen LogP contribution in [-0.4, -0.2) is 15.8 Å². The van der Waals surface area contributed by atoms with Gasteiger partial charge in [-0.15, -0.1) is 11.3 Å². The van der Waals surface area contributed by atoms with Crippen molar-refractivity contribution < 1.29 is 27.3 Å². The van der Waals surface area contributed by atoms with Gasteiger partial charge in [0, 0.05) is 35.2 Å². The first-order valence-electron chi connectivity index (χ1n) is 9.46. The van der Waals surface area contributed by atoms with Crippen LogP contribution in [-0.2, 0) is 12.6 Å². The van der Waals surface area contributed by atoms with Crippen molar-refractivity contribution in [3.05, 3.63) is 98.7 Å².